The SMILES string of the molecule is COC(=O)C[C@@H](C)CNc1nccc(-c2sc(-c3ccccc3)nc2-c2cccc(N)c2F)n1.COC(=O)C[C@@H](C)CNc1nccc(-c2sc(-c3ccccc3)nc2-c2cccc(NS(=O)(=O)N3CCCC3)c2F)n1.Nc1cccc(-c2nc(-c3ccccc3)sc2-c2ccnc(Cl)n2)c1F. The van der Waals surface area contributed by atoms with E-state index in [9.17, 15) is 26.8 Å². The molecule has 522 valence electrons. The molecule has 29 heteroatoms. The first-order valence-electron chi connectivity index (χ1n) is 32.0. The van der Waals surface area contributed by atoms with E-state index in [0.717, 1.165) is 39.5 Å². The lowest BCUT2D eigenvalue weighted by Gasteiger charge is -2.18. The Labute approximate surface area is 603 Å². The number of nitrogens with two attached hydrogens (primary N) is 2. The number of carbonyl (C=O) groups excluding carboxylic acids is 2. The third kappa shape index (κ3) is 17.9. The van der Waals surface area contributed by atoms with Crippen molar-refractivity contribution in [3.8, 4) is 97.2 Å². The molecular formula is C73H67ClF3N15O6S4. The molecule has 0 spiro atoms. The zero-order valence-corrected chi connectivity index (χ0v) is 59.4. The van der Waals surface area contributed by atoms with E-state index in [1.807, 2.05) is 105 Å². The van der Waals surface area contributed by atoms with Crippen LogP contribution in [0, 0.1) is 29.3 Å². The molecule has 21 nitrogen and oxygen atoms in total. The minimum atomic E-state index is -3.90. The highest BCUT2D eigenvalue weighted by Crippen LogP contribution is 2.45. The lowest BCUT2D eigenvalue weighted by molar-refractivity contribution is -0.142. The van der Waals surface area contributed by atoms with Gasteiger partial charge in [-0.1, -0.05) is 123 Å². The van der Waals surface area contributed by atoms with Crippen molar-refractivity contribution >= 4 is 96.7 Å². The monoisotopic (exact) mass is 1470 g/mol. The third-order valence-electron chi connectivity index (χ3n) is 15.7. The maximum absolute atomic E-state index is 16.0. The Bertz CT molecular complexity index is 5020. The van der Waals surface area contributed by atoms with Gasteiger partial charge in [0, 0.05) is 91.0 Å². The number of nitrogens with zero attached hydrogens (tertiary/aromatic N) is 10. The van der Waals surface area contributed by atoms with Gasteiger partial charge >= 0.3 is 22.1 Å². The van der Waals surface area contributed by atoms with Crippen molar-refractivity contribution in [1.29, 1.82) is 0 Å². The lowest BCUT2D eigenvalue weighted by Crippen LogP contribution is -2.33. The molecule has 6 aromatic carbocycles. The van der Waals surface area contributed by atoms with Gasteiger partial charge in [-0.3, -0.25) is 14.3 Å². The summed E-state index contributed by atoms with van der Waals surface area (Å²) in [6.45, 7) is 5.58. The zero-order valence-electron chi connectivity index (χ0n) is 55.4. The van der Waals surface area contributed by atoms with E-state index in [0.29, 0.717) is 103 Å². The molecule has 102 heavy (non-hydrogen) atoms. The van der Waals surface area contributed by atoms with Gasteiger partial charge in [-0.15, -0.1) is 34.0 Å². The van der Waals surface area contributed by atoms with E-state index in [-0.39, 0.29) is 64.5 Å². The van der Waals surface area contributed by atoms with Gasteiger partial charge in [0.2, 0.25) is 17.2 Å². The average Bonchev–Trinajstić information content (AvgIpc) is 1.61. The summed E-state index contributed by atoms with van der Waals surface area (Å²) in [6, 6.07) is 48.5. The van der Waals surface area contributed by atoms with Gasteiger partial charge in [0.05, 0.1) is 80.1 Å². The minimum Gasteiger partial charge on any atom is -0.469 e. The summed E-state index contributed by atoms with van der Waals surface area (Å²) in [6.07, 6.45) is 6.88. The van der Waals surface area contributed by atoms with Gasteiger partial charge in [0.15, 0.2) is 17.5 Å². The normalized spacial score (nSPS) is 12.6. The number of anilines is 5. The van der Waals surface area contributed by atoms with E-state index in [1.165, 1.54) is 70.7 Å². The molecule has 0 amide bonds. The number of ether oxygens (including phenoxy) is 2. The Hall–Kier alpha value is -10.6. The smallest absolute Gasteiger partial charge is 0.305 e. The molecule has 1 saturated heterocycles. The highest BCUT2D eigenvalue weighted by atomic mass is 35.5. The number of methoxy groups -OCH3 is 2. The van der Waals surface area contributed by atoms with Gasteiger partial charge in [-0.25, -0.2) is 58.0 Å². The number of rotatable bonds is 22. The Balaban J connectivity index is 0.000000158. The molecule has 7 N–H and O–H groups in total. The summed E-state index contributed by atoms with van der Waals surface area (Å²) in [7, 11) is -1.17. The summed E-state index contributed by atoms with van der Waals surface area (Å²) >= 11 is 10.1. The fourth-order valence-electron chi connectivity index (χ4n) is 10.5. The molecule has 0 radical (unpaired) electrons. The highest BCUT2D eigenvalue weighted by Gasteiger charge is 2.29. The molecule has 1 aliphatic rings. The van der Waals surface area contributed by atoms with Crippen LogP contribution in [-0.4, -0.2) is 110 Å². The minimum absolute atomic E-state index is 0.0190. The predicted molar refractivity (Wildman–Crippen MR) is 398 cm³/mol. The fourth-order valence-corrected chi connectivity index (χ4v) is 15.2. The van der Waals surface area contributed by atoms with E-state index in [2.05, 4.69) is 50.2 Å². The van der Waals surface area contributed by atoms with Crippen molar-refractivity contribution in [1.82, 2.24) is 49.2 Å². The van der Waals surface area contributed by atoms with Crippen molar-refractivity contribution < 1.29 is 40.7 Å². The molecule has 2 atom stereocenters. The predicted octanol–water partition coefficient (Wildman–Crippen LogP) is 16.0. The van der Waals surface area contributed by atoms with Gasteiger partial charge in [-0.2, -0.15) is 12.7 Å². The van der Waals surface area contributed by atoms with Crippen LogP contribution < -0.4 is 26.8 Å². The fraction of sp³-hybridized carbons (Fsp3) is 0.192. The first-order chi connectivity index (χ1) is 49.3. The molecule has 13 rings (SSSR count). The molecule has 6 aromatic heterocycles. The standard InChI is InChI=1S/C29H31FN6O4S2.C25H24FN5O2S.C19H12ClFN4S/c1-19(17-24(37)40-2)18-32-29-31-14-13-23(33-29)27-26(34-28(41-27)20-9-4-3-5-10-20)21-11-8-12-22(25(21)30)35-42(38,39)36-15-6-7-16-36;1-15(13-20(32)33-2)14-29-25-28-12-11-19(30-25)23-22(17-9-6-10-18(27)21(17)26)31-24(34-23)16-7-4-3-5-8-16;20-19-23-10-9-14(24-19)17-16(12-7-4-8-13(22)15(12)21)25-18(26-17)11-5-2-1-3-6-11/h3-5,8-14,19,35H,6-7,15-18H2,1-2H3,(H,31,32,33);3-12,15H,13-14,27H2,1-2H3,(H,28,29,30);1-10H,22H2/t19-;15-;/m11./s1. The second kappa shape index (κ2) is 33.7. The van der Waals surface area contributed by atoms with E-state index >= 15 is 4.39 Å². The number of aromatic nitrogens is 9. The molecule has 0 bridgehead atoms. The second-order valence-electron chi connectivity index (χ2n) is 23.3. The molecule has 7 heterocycles. The highest BCUT2D eigenvalue weighted by molar-refractivity contribution is 7.90. The summed E-state index contributed by atoms with van der Waals surface area (Å²) in [5.74, 6) is -1.55. The van der Waals surface area contributed by atoms with E-state index in [4.69, 9.17) is 42.5 Å². The number of benzene rings is 6. The van der Waals surface area contributed by atoms with E-state index in [1.54, 1.807) is 73.2 Å². The summed E-state index contributed by atoms with van der Waals surface area (Å²) in [4.78, 5) is 65.4. The zero-order chi connectivity index (χ0) is 71.9. The van der Waals surface area contributed by atoms with Crippen molar-refractivity contribution in [3.63, 3.8) is 0 Å². The summed E-state index contributed by atoms with van der Waals surface area (Å²) < 4.78 is 84.6. The van der Waals surface area contributed by atoms with Crippen LogP contribution in [0.1, 0.15) is 39.5 Å². The maximum Gasteiger partial charge on any atom is 0.305 e. The van der Waals surface area contributed by atoms with Crippen LogP contribution in [0.3, 0.4) is 0 Å². The molecule has 0 unspecified atom stereocenters. The van der Waals surface area contributed by atoms with Crippen LogP contribution in [-0.2, 0) is 29.3 Å². The maximum atomic E-state index is 16.0. The largest absolute Gasteiger partial charge is 0.469 e. The Morgan fingerprint density at radius 3 is 1.27 bits per heavy atom. The second-order valence-corrected chi connectivity index (χ2v) is 28.3. The number of nitrogens with one attached hydrogen (secondary N) is 3. The van der Waals surface area contributed by atoms with Crippen molar-refractivity contribution in [2.24, 2.45) is 11.8 Å². The Kier molecular flexibility index (Phi) is 24.0. The third-order valence-corrected chi connectivity index (χ3v) is 20.8. The molecule has 1 aliphatic heterocycles. The van der Waals surface area contributed by atoms with Crippen LogP contribution in [0.2, 0.25) is 5.28 Å². The lowest BCUT2D eigenvalue weighted by atomic mass is 10.1. The molecule has 1 fully saturated rings. The average molecular weight is 1470 g/mol. The molecular weight excluding hydrogens is 1400 g/mol. The van der Waals surface area contributed by atoms with Crippen LogP contribution in [0.4, 0.5) is 42.1 Å². The first kappa shape index (κ1) is 72.6. The summed E-state index contributed by atoms with van der Waals surface area (Å²) in [5.41, 5.74) is 18.1. The molecule has 0 saturated carbocycles. The number of hydrogen-bond acceptors (Lipinski definition) is 22. The van der Waals surface area contributed by atoms with Gasteiger partial charge in [-0.05, 0) is 90.9 Å². The molecule has 12 aromatic rings. The van der Waals surface area contributed by atoms with Crippen LogP contribution >= 0.6 is 45.6 Å². The number of halogens is 4. The van der Waals surface area contributed by atoms with Crippen LogP contribution in [0.5, 0.6) is 0 Å². The quantitative estimate of drug-likeness (QED) is 0.0239. The van der Waals surface area contributed by atoms with Crippen molar-refractivity contribution in [3.05, 3.63) is 205 Å². The van der Waals surface area contributed by atoms with Gasteiger partial charge < -0.3 is 31.6 Å². The van der Waals surface area contributed by atoms with Gasteiger partial charge in [0.25, 0.3) is 0 Å². The number of thiazole rings is 3. The number of nitrogen functional groups attached to an aromatic ring is 2. The van der Waals surface area contributed by atoms with Crippen molar-refractivity contribution in [2.45, 2.75) is 39.5 Å². The van der Waals surface area contributed by atoms with Gasteiger partial charge in [0.1, 0.15) is 15.0 Å². The number of hydrogen-bond donors (Lipinski definition) is 5. The van der Waals surface area contributed by atoms with Crippen LogP contribution in [0.15, 0.2) is 182 Å². The summed E-state index contributed by atoms with van der Waals surface area (Å²) in [5, 5.41) is 8.59. The van der Waals surface area contributed by atoms with Crippen molar-refractivity contribution in [2.75, 3.05) is 67.2 Å². The number of esters is 2. The topological polar surface area (TPSA) is 294 Å². The van der Waals surface area contributed by atoms with Crippen LogP contribution in [0.25, 0.3) is 97.2 Å². The van der Waals surface area contributed by atoms with E-state index < -0.39 is 27.7 Å². The first-order valence-corrected chi connectivity index (χ1v) is 36.2. The number of carbonyl (C=O) groups is 2. The Morgan fingerprint density at radius 2 is 0.882 bits per heavy atom. The Morgan fingerprint density at radius 1 is 0.510 bits per heavy atom. The molecule has 0 aliphatic carbocycles.